The maximum atomic E-state index is 12.9. The summed E-state index contributed by atoms with van der Waals surface area (Å²) in [5.41, 5.74) is 4.62. The number of halogens is 4. The van der Waals surface area contributed by atoms with Gasteiger partial charge in [0.05, 0.1) is 11.3 Å². The largest absolute Gasteiger partial charge is 0.418 e. The number of hydrogen-bond acceptors (Lipinski definition) is 2. The number of alkyl halides is 3. The maximum absolute atomic E-state index is 12.9. The lowest BCUT2D eigenvalue weighted by molar-refractivity contribution is -0.137. The quantitative estimate of drug-likeness (QED) is 0.863. The molecule has 2 rings (SSSR count). The second kappa shape index (κ2) is 4.55. The van der Waals surface area contributed by atoms with Gasteiger partial charge in [-0.25, -0.2) is 0 Å². The average Bonchev–Trinajstić information content (AvgIpc) is 2.56. The van der Waals surface area contributed by atoms with E-state index in [1.807, 2.05) is 0 Å². The third-order valence-corrected chi connectivity index (χ3v) is 3.20. The fourth-order valence-corrected chi connectivity index (χ4v) is 2.30. The minimum Gasteiger partial charge on any atom is -0.326 e. The Morgan fingerprint density at radius 2 is 2.06 bits per heavy atom. The number of nitrogens with two attached hydrogens (primary N) is 1. The molecule has 3 nitrogen and oxygen atoms in total. The number of anilines is 1. The van der Waals surface area contributed by atoms with Crippen molar-refractivity contribution in [3.05, 3.63) is 28.2 Å². The van der Waals surface area contributed by atoms with Crippen LogP contribution in [0.15, 0.2) is 22.7 Å². The van der Waals surface area contributed by atoms with Crippen molar-refractivity contribution in [2.24, 2.45) is 5.73 Å². The SMILES string of the molecule is NC1CC(=O)N(c2ccc(Br)cc2C(F)(F)F)C1. The Morgan fingerprint density at radius 3 is 2.56 bits per heavy atom. The van der Waals surface area contributed by atoms with E-state index in [4.69, 9.17) is 5.73 Å². The van der Waals surface area contributed by atoms with Crippen molar-refractivity contribution >= 4 is 27.5 Å². The van der Waals surface area contributed by atoms with Crippen molar-refractivity contribution in [1.82, 2.24) is 0 Å². The summed E-state index contributed by atoms with van der Waals surface area (Å²) in [6, 6.07) is 3.30. The van der Waals surface area contributed by atoms with Crippen molar-refractivity contribution in [3.63, 3.8) is 0 Å². The van der Waals surface area contributed by atoms with Gasteiger partial charge >= 0.3 is 6.18 Å². The smallest absolute Gasteiger partial charge is 0.326 e. The molecule has 1 saturated heterocycles. The highest BCUT2D eigenvalue weighted by Crippen LogP contribution is 2.39. The molecule has 18 heavy (non-hydrogen) atoms. The van der Waals surface area contributed by atoms with Gasteiger partial charge in [-0.15, -0.1) is 0 Å². The lowest BCUT2D eigenvalue weighted by Gasteiger charge is -2.21. The molecule has 0 saturated carbocycles. The van der Waals surface area contributed by atoms with Crippen LogP contribution in [0.25, 0.3) is 0 Å². The normalized spacial score (nSPS) is 20.6. The topological polar surface area (TPSA) is 46.3 Å². The van der Waals surface area contributed by atoms with Gasteiger partial charge in [0.2, 0.25) is 5.91 Å². The van der Waals surface area contributed by atoms with Crippen LogP contribution < -0.4 is 10.6 Å². The van der Waals surface area contributed by atoms with Gasteiger partial charge in [-0.05, 0) is 18.2 Å². The molecule has 1 atom stereocenters. The molecule has 0 bridgehead atoms. The van der Waals surface area contributed by atoms with Crippen molar-refractivity contribution in [1.29, 1.82) is 0 Å². The van der Waals surface area contributed by atoms with Crippen molar-refractivity contribution in [2.45, 2.75) is 18.6 Å². The molecular weight excluding hydrogens is 313 g/mol. The molecule has 0 aromatic heterocycles. The Kier molecular flexibility index (Phi) is 3.37. The molecule has 0 radical (unpaired) electrons. The minimum absolute atomic E-state index is 0.0767. The van der Waals surface area contributed by atoms with Crippen LogP contribution in [0.3, 0.4) is 0 Å². The molecule has 1 amide bonds. The van der Waals surface area contributed by atoms with Gasteiger partial charge in [-0.1, -0.05) is 15.9 Å². The molecule has 7 heteroatoms. The predicted octanol–water partition coefficient (Wildman–Crippen LogP) is 2.53. The Balaban J connectivity index is 2.48. The standard InChI is InChI=1S/C11H10BrF3N2O/c12-6-1-2-9(8(3-6)11(13,14)15)17-5-7(16)4-10(17)18/h1-3,7H,4-5,16H2. The summed E-state index contributed by atoms with van der Waals surface area (Å²) in [6.07, 6.45) is -4.43. The summed E-state index contributed by atoms with van der Waals surface area (Å²) in [4.78, 5) is 12.7. The van der Waals surface area contributed by atoms with E-state index in [0.29, 0.717) is 4.47 Å². The third kappa shape index (κ3) is 2.51. The van der Waals surface area contributed by atoms with E-state index >= 15 is 0 Å². The Morgan fingerprint density at radius 1 is 1.39 bits per heavy atom. The molecule has 0 spiro atoms. The van der Waals surface area contributed by atoms with Crippen LogP contribution in [0, 0.1) is 0 Å². The fraction of sp³-hybridized carbons (Fsp3) is 0.364. The zero-order valence-electron chi connectivity index (χ0n) is 9.17. The molecule has 1 unspecified atom stereocenters. The van der Waals surface area contributed by atoms with Crippen molar-refractivity contribution in [2.75, 3.05) is 11.4 Å². The van der Waals surface area contributed by atoms with Crippen LogP contribution in [0.2, 0.25) is 0 Å². The molecule has 1 aromatic carbocycles. The summed E-state index contributed by atoms with van der Waals surface area (Å²) < 4.78 is 39.1. The molecule has 1 aromatic rings. The Hall–Kier alpha value is -1.08. The van der Waals surface area contributed by atoms with E-state index in [2.05, 4.69) is 15.9 Å². The van der Waals surface area contributed by atoms with E-state index in [1.54, 1.807) is 0 Å². The van der Waals surface area contributed by atoms with Crippen LogP contribution in [0.4, 0.5) is 18.9 Å². The first-order valence-electron chi connectivity index (χ1n) is 5.21. The van der Waals surface area contributed by atoms with Crippen LogP contribution in [0.5, 0.6) is 0 Å². The minimum atomic E-state index is -4.51. The van der Waals surface area contributed by atoms with E-state index in [0.717, 1.165) is 11.0 Å². The summed E-state index contributed by atoms with van der Waals surface area (Å²) in [7, 11) is 0. The number of amides is 1. The zero-order valence-corrected chi connectivity index (χ0v) is 10.8. The molecular formula is C11H10BrF3N2O. The van der Waals surface area contributed by atoms with Crippen LogP contribution in [-0.4, -0.2) is 18.5 Å². The van der Waals surface area contributed by atoms with Gasteiger partial charge in [0, 0.05) is 23.5 Å². The predicted molar refractivity (Wildman–Crippen MR) is 64.1 cm³/mol. The van der Waals surface area contributed by atoms with Crippen molar-refractivity contribution < 1.29 is 18.0 Å². The first kappa shape index (κ1) is 13.4. The highest BCUT2D eigenvalue weighted by molar-refractivity contribution is 9.10. The van der Waals surface area contributed by atoms with Gasteiger partial charge in [0.25, 0.3) is 0 Å². The number of hydrogen-bond donors (Lipinski definition) is 1. The highest BCUT2D eigenvalue weighted by Gasteiger charge is 2.38. The number of carbonyl (C=O) groups is 1. The fourth-order valence-electron chi connectivity index (χ4n) is 1.94. The van der Waals surface area contributed by atoms with Gasteiger partial charge < -0.3 is 10.6 Å². The van der Waals surface area contributed by atoms with E-state index < -0.39 is 17.8 Å². The lowest BCUT2D eigenvalue weighted by atomic mass is 10.1. The van der Waals surface area contributed by atoms with E-state index in [1.165, 1.54) is 12.1 Å². The molecule has 1 heterocycles. The second-order valence-electron chi connectivity index (χ2n) is 4.13. The lowest BCUT2D eigenvalue weighted by Crippen LogP contribution is -2.29. The van der Waals surface area contributed by atoms with E-state index in [9.17, 15) is 18.0 Å². The first-order valence-corrected chi connectivity index (χ1v) is 6.01. The van der Waals surface area contributed by atoms with Gasteiger partial charge in [0.1, 0.15) is 0 Å². The maximum Gasteiger partial charge on any atom is 0.418 e. The molecule has 1 aliphatic rings. The summed E-state index contributed by atoms with van der Waals surface area (Å²) in [5.74, 6) is -0.379. The monoisotopic (exact) mass is 322 g/mol. The van der Waals surface area contributed by atoms with Gasteiger partial charge in [-0.3, -0.25) is 4.79 Å². The molecule has 0 aliphatic carbocycles. The number of carbonyl (C=O) groups excluding carboxylic acids is 1. The summed E-state index contributed by atoms with van der Waals surface area (Å²) in [6.45, 7) is 0.115. The summed E-state index contributed by atoms with van der Waals surface area (Å²) >= 11 is 3.00. The number of benzene rings is 1. The average molecular weight is 323 g/mol. The van der Waals surface area contributed by atoms with Crippen LogP contribution in [-0.2, 0) is 11.0 Å². The van der Waals surface area contributed by atoms with E-state index in [-0.39, 0.29) is 24.6 Å². The number of nitrogens with zero attached hydrogens (tertiary/aromatic N) is 1. The molecule has 1 aliphatic heterocycles. The van der Waals surface area contributed by atoms with Crippen LogP contribution >= 0.6 is 15.9 Å². The second-order valence-corrected chi connectivity index (χ2v) is 5.04. The third-order valence-electron chi connectivity index (χ3n) is 2.71. The number of rotatable bonds is 1. The van der Waals surface area contributed by atoms with Gasteiger partial charge in [-0.2, -0.15) is 13.2 Å². The molecule has 2 N–H and O–H groups in total. The van der Waals surface area contributed by atoms with Crippen LogP contribution in [0.1, 0.15) is 12.0 Å². The zero-order chi connectivity index (χ0) is 13.5. The summed E-state index contributed by atoms with van der Waals surface area (Å²) in [5, 5.41) is 0. The van der Waals surface area contributed by atoms with Gasteiger partial charge in [0.15, 0.2) is 0 Å². The highest BCUT2D eigenvalue weighted by atomic mass is 79.9. The first-order chi connectivity index (χ1) is 8.29. The molecule has 1 fully saturated rings. The Labute approximate surface area is 110 Å². The Bertz CT molecular complexity index is 490. The van der Waals surface area contributed by atoms with Crippen molar-refractivity contribution in [3.8, 4) is 0 Å². The molecule has 98 valence electrons.